The zero-order valence-corrected chi connectivity index (χ0v) is 12.7. The Hall–Kier alpha value is -1.94. The van der Waals surface area contributed by atoms with Crippen LogP contribution in [0.5, 0.6) is 0 Å². The number of fused-ring (bicyclic) bond motifs is 1. The molecular weight excluding hydrogens is 262 g/mol. The quantitative estimate of drug-likeness (QED) is 0.920. The first-order chi connectivity index (χ1) is 10.1. The fourth-order valence-electron chi connectivity index (χ4n) is 2.95. The van der Waals surface area contributed by atoms with Gasteiger partial charge in [-0.1, -0.05) is 18.2 Å². The zero-order chi connectivity index (χ0) is 15.0. The first-order valence-corrected chi connectivity index (χ1v) is 7.46. The number of nitrogens with one attached hydrogen (secondary N) is 1. The lowest BCUT2D eigenvalue weighted by molar-refractivity contribution is -0.132. The minimum atomic E-state index is -0.109. The van der Waals surface area contributed by atoms with E-state index < -0.39 is 0 Å². The highest BCUT2D eigenvalue weighted by Crippen LogP contribution is 2.20. The van der Waals surface area contributed by atoms with Crippen LogP contribution in [0.25, 0.3) is 10.9 Å². The summed E-state index contributed by atoms with van der Waals surface area (Å²) < 4.78 is 0. The van der Waals surface area contributed by atoms with Gasteiger partial charge in [0.2, 0.25) is 5.91 Å². The summed E-state index contributed by atoms with van der Waals surface area (Å²) in [6.45, 7) is 6.93. The topological polar surface area (TPSA) is 45.2 Å². The van der Waals surface area contributed by atoms with E-state index >= 15 is 0 Å². The molecule has 3 rings (SSSR count). The Morgan fingerprint density at radius 3 is 2.81 bits per heavy atom. The lowest BCUT2D eigenvalue weighted by Crippen LogP contribution is -2.62. The van der Waals surface area contributed by atoms with Crippen molar-refractivity contribution in [1.29, 1.82) is 0 Å². The van der Waals surface area contributed by atoms with Gasteiger partial charge < -0.3 is 5.32 Å². The minimum absolute atomic E-state index is 0.106. The highest BCUT2D eigenvalue weighted by molar-refractivity contribution is 5.82. The van der Waals surface area contributed by atoms with Crippen LogP contribution in [0, 0.1) is 0 Å². The summed E-state index contributed by atoms with van der Waals surface area (Å²) in [5.41, 5.74) is 2.15. The van der Waals surface area contributed by atoms with E-state index in [0.29, 0.717) is 6.04 Å². The number of pyridine rings is 1. The van der Waals surface area contributed by atoms with E-state index in [2.05, 4.69) is 41.2 Å². The van der Waals surface area contributed by atoms with Crippen LogP contribution >= 0.6 is 0 Å². The van der Waals surface area contributed by atoms with Crippen molar-refractivity contribution in [3.63, 3.8) is 0 Å². The second kappa shape index (κ2) is 5.45. The third-order valence-electron chi connectivity index (χ3n) is 4.51. The van der Waals surface area contributed by atoms with Gasteiger partial charge >= 0.3 is 0 Å². The number of piperazine rings is 1. The molecule has 1 aromatic carbocycles. The highest BCUT2D eigenvalue weighted by atomic mass is 16.2. The van der Waals surface area contributed by atoms with Crippen LogP contribution in [0.2, 0.25) is 0 Å². The van der Waals surface area contributed by atoms with Crippen molar-refractivity contribution in [3.8, 4) is 0 Å². The Morgan fingerprint density at radius 1 is 1.24 bits per heavy atom. The average Bonchev–Trinajstić information content (AvgIpc) is 2.49. The molecular formula is C17H21N3O. The number of carbonyl (C=O) groups is 1. The molecule has 1 saturated heterocycles. The maximum absolute atomic E-state index is 12.0. The van der Waals surface area contributed by atoms with E-state index in [-0.39, 0.29) is 18.0 Å². The van der Waals surface area contributed by atoms with Gasteiger partial charge in [0.05, 0.1) is 11.6 Å². The Balaban J connectivity index is 1.87. The smallest absolute Gasteiger partial charge is 0.237 e. The summed E-state index contributed by atoms with van der Waals surface area (Å²) in [7, 11) is 0. The molecule has 4 heteroatoms. The molecule has 0 bridgehead atoms. The van der Waals surface area contributed by atoms with Crippen molar-refractivity contribution in [3.05, 3.63) is 42.1 Å². The van der Waals surface area contributed by atoms with Gasteiger partial charge in [0.15, 0.2) is 0 Å². The summed E-state index contributed by atoms with van der Waals surface area (Å²) in [6.07, 6.45) is 1.92. The van der Waals surface area contributed by atoms with Gasteiger partial charge in [-0.2, -0.15) is 0 Å². The Morgan fingerprint density at radius 2 is 2.00 bits per heavy atom. The van der Waals surface area contributed by atoms with Gasteiger partial charge in [-0.05, 0) is 38.5 Å². The molecule has 0 aliphatic carbocycles. The number of benzene rings is 1. The maximum atomic E-state index is 12.0. The molecule has 2 aromatic rings. The van der Waals surface area contributed by atoms with Gasteiger partial charge in [0.25, 0.3) is 0 Å². The summed E-state index contributed by atoms with van der Waals surface area (Å²) in [4.78, 5) is 18.7. The third-order valence-corrected chi connectivity index (χ3v) is 4.51. The Kier molecular flexibility index (Phi) is 3.64. The van der Waals surface area contributed by atoms with E-state index in [4.69, 9.17) is 0 Å². The van der Waals surface area contributed by atoms with Gasteiger partial charge in [-0.25, -0.2) is 0 Å². The molecule has 21 heavy (non-hydrogen) atoms. The predicted octanol–water partition coefficient (Wildman–Crippen LogP) is 2.33. The molecule has 4 nitrogen and oxygen atoms in total. The molecule has 1 aliphatic rings. The molecule has 0 radical (unpaired) electrons. The van der Waals surface area contributed by atoms with Gasteiger partial charge in [-0.3, -0.25) is 14.7 Å². The first-order valence-electron chi connectivity index (χ1n) is 7.46. The first kappa shape index (κ1) is 14.0. The number of carbonyl (C=O) groups excluding carboxylic acids is 1. The van der Waals surface area contributed by atoms with Gasteiger partial charge in [0.1, 0.15) is 0 Å². The monoisotopic (exact) mass is 283 g/mol. The largest absolute Gasteiger partial charge is 0.351 e. The summed E-state index contributed by atoms with van der Waals surface area (Å²) in [5, 5.41) is 4.17. The number of aromatic nitrogens is 1. The van der Waals surface area contributed by atoms with E-state index in [0.717, 1.165) is 23.0 Å². The second-order valence-electron chi connectivity index (χ2n) is 5.92. The molecule has 1 amide bonds. The maximum Gasteiger partial charge on any atom is 0.237 e. The van der Waals surface area contributed by atoms with Crippen molar-refractivity contribution < 1.29 is 4.79 Å². The van der Waals surface area contributed by atoms with Crippen molar-refractivity contribution >= 4 is 16.8 Å². The van der Waals surface area contributed by atoms with Crippen LogP contribution in [0.15, 0.2) is 36.5 Å². The van der Waals surface area contributed by atoms with Crippen LogP contribution in [-0.2, 0) is 11.3 Å². The Labute approximate surface area is 125 Å². The normalized spacial score (nSPS) is 26.8. The number of hydrogen-bond donors (Lipinski definition) is 1. The minimum Gasteiger partial charge on any atom is -0.351 e. The molecule has 1 fully saturated rings. The van der Waals surface area contributed by atoms with Crippen LogP contribution in [0.4, 0.5) is 0 Å². The number of para-hydroxylation sites is 1. The van der Waals surface area contributed by atoms with Crippen molar-refractivity contribution in [1.82, 2.24) is 15.2 Å². The van der Waals surface area contributed by atoms with E-state index in [1.54, 1.807) is 0 Å². The number of hydrogen-bond acceptors (Lipinski definition) is 3. The molecule has 2 heterocycles. The second-order valence-corrected chi connectivity index (χ2v) is 5.92. The molecule has 110 valence electrons. The van der Waals surface area contributed by atoms with E-state index in [9.17, 15) is 4.79 Å². The molecule has 0 spiro atoms. The fraction of sp³-hybridized carbons (Fsp3) is 0.412. The zero-order valence-electron chi connectivity index (χ0n) is 12.7. The van der Waals surface area contributed by atoms with Crippen LogP contribution in [0.3, 0.4) is 0 Å². The number of nitrogens with zero attached hydrogens (tertiary/aromatic N) is 2. The highest BCUT2D eigenvalue weighted by Gasteiger charge is 2.34. The average molecular weight is 283 g/mol. The van der Waals surface area contributed by atoms with Gasteiger partial charge in [-0.15, -0.1) is 0 Å². The van der Waals surface area contributed by atoms with Crippen LogP contribution in [-0.4, -0.2) is 33.9 Å². The van der Waals surface area contributed by atoms with E-state index in [1.165, 1.54) is 0 Å². The van der Waals surface area contributed by atoms with Crippen LogP contribution in [0.1, 0.15) is 26.3 Å². The fourth-order valence-corrected chi connectivity index (χ4v) is 2.95. The number of amides is 1. The Bertz CT molecular complexity index is 670. The third kappa shape index (κ3) is 2.63. The lowest BCUT2D eigenvalue weighted by atomic mass is 10.0. The SMILES string of the molecule is C[C@@H]1NC(=O)[C@@H](C)N(Cc2cnc3ccccc3c2)[C@@H]1C. The molecule has 0 unspecified atom stereocenters. The van der Waals surface area contributed by atoms with Crippen LogP contribution < -0.4 is 5.32 Å². The van der Waals surface area contributed by atoms with Crippen molar-refractivity contribution in [2.45, 2.75) is 45.4 Å². The molecule has 1 aromatic heterocycles. The lowest BCUT2D eigenvalue weighted by Gasteiger charge is -2.42. The van der Waals surface area contributed by atoms with Gasteiger partial charge in [0, 0.05) is 30.2 Å². The summed E-state index contributed by atoms with van der Waals surface area (Å²) in [6, 6.07) is 10.6. The standard InChI is InChI=1S/C17H21N3O/c1-11-12(2)20(13(3)17(21)19-11)10-14-8-15-6-4-5-7-16(15)18-9-14/h4-9,11-13H,10H2,1-3H3,(H,19,21)/t11-,12+,13+/m0/s1. The number of rotatable bonds is 2. The molecule has 0 saturated carbocycles. The predicted molar refractivity (Wildman–Crippen MR) is 83.8 cm³/mol. The molecule has 1 N–H and O–H groups in total. The molecule has 1 aliphatic heterocycles. The summed E-state index contributed by atoms with van der Waals surface area (Å²) in [5.74, 6) is 0.106. The van der Waals surface area contributed by atoms with Crippen molar-refractivity contribution in [2.75, 3.05) is 0 Å². The van der Waals surface area contributed by atoms with E-state index in [1.807, 2.05) is 31.3 Å². The van der Waals surface area contributed by atoms with Crippen molar-refractivity contribution in [2.24, 2.45) is 0 Å². The summed E-state index contributed by atoms with van der Waals surface area (Å²) >= 11 is 0. The molecule has 3 atom stereocenters.